The number of hydrogen-bond acceptors (Lipinski definition) is 2. The average molecular weight is 242 g/mol. The Hall–Kier alpha value is -1.16. The quantitative estimate of drug-likeness (QED) is 0.590. The fraction of sp³-hybridized carbons (Fsp3) is 0.111. The summed E-state index contributed by atoms with van der Waals surface area (Å²) in [6.07, 6.45) is 1.49. The maximum absolute atomic E-state index is 10.5. The van der Waals surface area contributed by atoms with Crippen molar-refractivity contribution in [3.05, 3.63) is 50.5 Å². The van der Waals surface area contributed by atoms with Gasteiger partial charge in [0.2, 0.25) is 0 Å². The highest BCUT2D eigenvalue weighted by Crippen LogP contribution is 2.17. The summed E-state index contributed by atoms with van der Waals surface area (Å²) < 4.78 is 0.912. The van der Waals surface area contributed by atoms with Crippen LogP contribution in [0.25, 0.3) is 5.70 Å². The fourth-order valence-electron chi connectivity index (χ4n) is 0.998. The molecule has 0 saturated heterocycles. The second-order valence-electron chi connectivity index (χ2n) is 2.44. The number of nitrogens with zero attached hydrogens (tertiary/aromatic N) is 1. The van der Waals surface area contributed by atoms with E-state index in [1.165, 1.54) is 6.08 Å². The molecule has 0 spiro atoms. The lowest BCUT2D eigenvalue weighted by atomic mass is 10.1. The average Bonchev–Trinajstić information content (AvgIpc) is 2.09. The summed E-state index contributed by atoms with van der Waals surface area (Å²) in [6.45, 7) is 1.65. The minimum absolute atomic E-state index is 0.132. The molecule has 0 fully saturated rings. The van der Waals surface area contributed by atoms with Gasteiger partial charge >= 0.3 is 0 Å². The number of benzene rings is 1. The van der Waals surface area contributed by atoms with Crippen LogP contribution in [0.15, 0.2) is 34.8 Å². The predicted molar refractivity (Wildman–Crippen MR) is 54.8 cm³/mol. The SMILES string of the molecule is CC=C(c1ccc(Br)cc1)[N+](=O)[O-]. The molecular weight excluding hydrogens is 234 g/mol. The van der Waals surface area contributed by atoms with Gasteiger partial charge in [-0.1, -0.05) is 15.9 Å². The van der Waals surface area contributed by atoms with E-state index in [1.54, 1.807) is 31.2 Å². The van der Waals surface area contributed by atoms with Gasteiger partial charge in [0.25, 0.3) is 5.70 Å². The van der Waals surface area contributed by atoms with Gasteiger partial charge in [0.15, 0.2) is 0 Å². The maximum atomic E-state index is 10.5. The smallest absolute Gasteiger partial charge is 0.258 e. The topological polar surface area (TPSA) is 43.1 Å². The Balaban J connectivity index is 3.07. The summed E-state index contributed by atoms with van der Waals surface area (Å²) in [4.78, 5) is 10.2. The first-order valence-corrected chi connectivity index (χ1v) is 4.51. The van der Waals surface area contributed by atoms with Gasteiger partial charge in [-0.05, 0) is 37.3 Å². The van der Waals surface area contributed by atoms with Crippen molar-refractivity contribution in [1.82, 2.24) is 0 Å². The van der Waals surface area contributed by atoms with Gasteiger partial charge in [-0.15, -0.1) is 0 Å². The molecule has 0 bridgehead atoms. The first kappa shape index (κ1) is 9.92. The molecule has 0 radical (unpaired) electrons. The van der Waals surface area contributed by atoms with Crippen LogP contribution in [0.4, 0.5) is 0 Å². The second-order valence-corrected chi connectivity index (χ2v) is 3.35. The summed E-state index contributed by atoms with van der Waals surface area (Å²) in [5.41, 5.74) is 0.753. The Kier molecular flexibility index (Phi) is 3.19. The molecule has 0 aliphatic carbocycles. The van der Waals surface area contributed by atoms with E-state index in [1.807, 2.05) is 0 Å². The van der Waals surface area contributed by atoms with Crippen molar-refractivity contribution >= 4 is 21.6 Å². The molecule has 68 valence electrons. The minimum Gasteiger partial charge on any atom is -0.258 e. The fourth-order valence-corrected chi connectivity index (χ4v) is 1.26. The Morgan fingerprint density at radius 1 is 1.46 bits per heavy atom. The predicted octanol–water partition coefficient (Wildman–Crippen LogP) is 3.09. The third-order valence-electron chi connectivity index (χ3n) is 1.61. The van der Waals surface area contributed by atoms with E-state index in [0.29, 0.717) is 5.56 Å². The van der Waals surface area contributed by atoms with Crippen LogP contribution in [0, 0.1) is 10.1 Å². The summed E-state index contributed by atoms with van der Waals surface area (Å²) in [7, 11) is 0. The van der Waals surface area contributed by atoms with Crippen LogP contribution in [0.2, 0.25) is 0 Å². The van der Waals surface area contributed by atoms with Crippen LogP contribution in [0.5, 0.6) is 0 Å². The summed E-state index contributed by atoms with van der Waals surface area (Å²) in [6, 6.07) is 6.98. The zero-order valence-electron chi connectivity index (χ0n) is 7.03. The second kappa shape index (κ2) is 4.18. The van der Waals surface area contributed by atoms with Crippen molar-refractivity contribution in [3.63, 3.8) is 0 Å². The number of hydrogen-bond donors (Lipinski definition) is 0. The number of nitro groups is 1. The first-order valence-electron chi connectivity index (χ1n) is 3.72. The van der Waals surface area contributed by atoms with E-state index in [4.69, 9.17) is 0 Å². The highest BCUT2D eigenvalue weighted by molar-refractivity contribution is 9.10. The molecule has 3 nitrogen and oxygen atoms in total. The zero-order valence-corrected chi connectivity index (χ0v) is 8.61. The van der Waals surface area contributed by atoms with Crippen LogP contribution < -0.4 is 0 Å². The van der Waals surface area contributed by atoms with Crippen molar-refractivity contribution in [3.8, 4) is 0 Å². The highest BCUT2D eigenvalue weighted by atomic mass is 79.9. The van der Waals surface area contributed by atoms with Gasteiger partial charge in [0, 0.05) is 4.47 Å². The molecule has 0 unspecified atom stereocenters. The van der Waals surface area contributed by atoms with E-state index >= 15 is 0 Å². The molecule has 1 rings (SSSR count). The molecule has 0 saturated carbocycles. The van der Waals surface area contributed by atoms with E-state index in [9.17, 15) is 10.1 Å². The molecule has 0 aliphatic heterocycles. The number of halogens is 1. The van der Waals surface area contributed by atoms with Crippen molar-refractivity contribution < 1.29 is 4.92 Å². The standard InChI is InChI=1S/C9H8BrNO2/c1-2-9(11(12)13)7-3-5-8(10)6-4-7/h2-6H,1H3. The lowest BCUT2D eigenvalue weighted by Crippen LogP contribution is -1.96. The Morgan fingerprint density at radius 2 is 2.00 bits per heavy atom. The largest absolute Gasteiger partial charge is 0.272 e. The number of allylic oxidation sites excluding steroid dienone is 1. The molecule has 4 heteroatoms. The summed E-state index contributed by atoms with van der Waals surface area (Å²) >= 11 is 3.26. The molecule has 13 heavy (non-hydrogen) atoms. The Morgan fingerprint density at radius 3 is 2.38 bits per heavy atom. The van der Waals surface area contributed by atoms with Crippen LogP contribution >= 0.6 is 15.9 Å². The molecular formula is C9H8BrNO2. The van der Waals surface area contributed by atoms with E-state index in [-0.39, 0.29) is 10.6 Å². The van der Waals surface area contributed by atoms with Crippen LogP contribution in [0.3, 0.4) is 0 Å². The zero-order chi connectivity index (χ0) is 9.84. The molecule has 0 N–H and O–H groups in total. The monoisotopic (exact) mass is 241 g/mol. The van der Waals surface area contributed by atoms with Gasteiger partial charge < -0.3 is 0 Å². The van der Waals surface area contributed by atoms with E-state index in [2.05, 4.69) is 15.9 Å². The van der Waals surface area contributed by atoms with Crippen LogP contribution in [-0.4, -0.2) is 4.92 Å². The van der Waals surface area contributed by atoms with Gasteiger partial charge in [0.1, 0.15) is 0 Å². The molecule has 0 heterocycles. The van der Waals surface area contributed by atoms with Crippen LogP contribution in [-0.2, 0) is 0 Å². The van der Waals surface area contributed by atoms with E-state index < -0.39 is 0 Å². The Bertz CT molecular complexity index is 343. The van der Waals surface area contributed by atoms with Gasteiger partial charge in [0.05, 0.1) is 10.5 Å². The molecule has 0 aliphatic rings. The summed E-state index contributed by atoms with van der Waals surface area (Å²) in [5.74, 6) is 0. The van der Waals surface area contributed by atoms with Gasteiger partial charge in [-0.25, -0.2) is 0 Å². The van der Waals surface area contributed by atoms with Crippen molar-refractivity contribution in [2.45, 2.75) is 6.92 Å². The normalized spacial score (nSPS) is 11.4. The van der Waals surface area contributed by atoms with Crippen molar-refractivity contribution in [1.29, 1.82) is 0 Å². The van der Waals surface area contributed by atoms with E-state index in [0.717, 1.165) is 4.47 Å². The number of rotatable bonds is 2. The van der Waals surface area contributed by atoms with Gasteiger partial charge in [-0.3, -0.25) is 10.1 Å². The minimum atomic E-state index is -0.386. The van der Waals surface area contributed by atoms with Gasteiger partial charge in [-0.2, -0.15) is 0 Å². The lowest BCUT2D eigenvalue weighted by Gasteiger charge is -1.97. The first-order chi connectivity index (χ1) is 6.15. The molecule has 0 atom stereocenters. The third-order valence-corrected chi connectivity index (χ3v) is 2.14. The maximum Gasteiger partial charge on any atom is 0.272 e. The van der Waals surface area contributed by atoms with Crippen LogP contribution in [0.1, 0.15) is 12.5 Å². The van der Waals surface area contributed by atoms with Crippen molar-refractivity contribution in [2.75, 3.05) is 0 Å². The highest BCUT2D eigenvalue weighted by Gasteiger charge is 2.11. The summed E-state index contributed by atoms with van der Waals surface area (Å²) in [5, 5.41) is 10.5. The van der Waals surface area contributed by atoms with Crippen molar-refractivity contribution in [2.24, 2.45) is 0 Å². The molecule has 1 aromatic carbocycles. The molecule has 0 aromatic heterocycles. The molecule has 1 aromatic rings. The lowest BCUT2D eigenvalue weighted by molar-refractivity contribution is -0.375. The molecule has 0 amide bonds. The Labute approximate surface area is 84.4 Å². The third kappa shape index (κ3) is 2.39.